The number of nitrogens with one attached hydrogen (secondary N) is 1. The number of hydrogen-bond donors (Lipinski definition) is 1. The first-order valence-corrected chi connectivity index (χ1v) is 11.4. The number of amides is 1. The molecule has 0 saturated heterocycles. The molecule has 1 atom stereocenters. The van der Waals surface area contributed by atoms with Gasteiger partial charge in [-0.1, -0.05) is 43.0 Å². The number of fused-ring (bicyclic) bond motifs is 1. The van der Waals surface area contributed by atoms with E-state index in [4.69, 9.17) is 4.98 Å². The number of carbonyl (C=O) groups is 1. The number of aryl methyl sites for hydroxylation is 2. The van der Waals surface area contributed by atoms with Crippen molar-refractivity contribution in [1.29, 1.82) is 0 Å². The van der Waals surface area contributed by atoms with Crippen LogP contribution in [-0.4, -0.2) is 25.7 Å². The third-order valence-corrected chi connectivity index (χ3v) is 6.21. The molecule has 2 aromatic heterocycles. The molecule has 0 aliphatic heterocycles. The van der Waals surface area contributed by atoms with Crippen LogP contribution in [0, 0.1) is 6.92 Å². The summed E-state index contributed by atoms with van der Waals surface area (Å²) in [5.41, 5.74) is 3.31. The molecule has 0 saturated carbocycles. The SMILES string of the molecule is CCc1ccc(NC(=O)C(C)Sc2nc3ccccc3c(=O)n2-c2cc(C)ccn2)cc1. The van der Waals surface area contributed by atoms with Crippen molar-refractivity contribution in [2.75, 3.05) is 5.32 Å². The number of rotatable bonds is 6. The minimum absolute atomic E-state index is 0.162. The molecule has 1 unspecified atom stereocenters. The quantitative estimate of drug-likeness (QED) is 0.342. The normalized spacial score (nSPS) is 12.0. The molecule has 0 fully saturated rings. The van der Waals surface area contributed by atoms with Crippen LogP contribution in [0.1, 0.15) is 25.0 Å². The lowest BCUT2D eigenvalue weighted by atomic mass is 10.1. The number of thioether (sulfide) groups is 1. The van der Waals surface area contributed by atoms with Gasteiger partial charge in [0.2, 0.25) is 5.91 Å². The summed E-state index contributed by atoms with van der Waals surface area (Å²) < 4.78 is 1.49. The Morgan fingerprint density at radius 2 is 1.88 bits per heavy atom. The Bertz CT molecular complexity index is 1330. The topological polar surface area (TPSA) is 76.9 Å². The number of hydrogen-bond acceptors (Lipinski definition) is 5. The van der Waals surface area contributed by atoms with E-state index in [-0.39, 0.29) is 11.5 Å². The van der Waals surface area contributed by atoms with Gasteiger partial charge in [-0.25, -0.2) is 14.5 Å². The molecule has 4 aromatic rings. The van der Waals surface area contributed by atoms with Gasteiger partial charge in [-0.2, -0.15) is 0 Å². The first-order valence-electron chi connectivity index (χ1n) is 10.5. The largest absolute Gasteiger partial charge is 0.325 e. The molecule has 0 aliphatic rings. The predicted molar refractivity (Wildman–Crippen MR) is 130 cm³/mol. The van der Waals surface area contributed by atoms with E-state index >= 15 is 0 Å². The number of aromatic nitrogens is 3. The van der Waals surface area contributed by atoms with Gasteiger partial charge in [0.15, 0.2) is 5.16 Å². The molecule has 1 amide bonds. The summed E-state index contributed by atoms with van der Waals surface area (Å²) in [6.45, 7) is 5.83. The minimum Gasteiger partial charge on any atom is -0.325 e. The number of pyridine rings is 1. The molecule has 2 heterocycles. The highest BCUT2D eigenvalue weighted by molar-refractivity contribution is 8.00. The van der Waals surface area contributed by atoms with Gasteiger partial charge in [0.05, 0.1) is 16.2 Å². The van der Waals surface area contributed by atoms with Gasteiger partial charge < -0.3 is 5.32 Å². The maximum atomic E-state index is 13.3. The maximum Gasteiger partial charge on any atom is 0.267 e. The molecule has 2 aromatic carbocycles. The molecule has 0 aliphatic carbocycles. The lowest BCUT2D eigenvalue weighted by Gasteiger charge is -2.16. The van der Waals surface area contributed by atoms with Crippen LogP contribution in [0.15, 0.2) is 76.8 Å². The lowest BCUT2D eigenvalue weighted by molar-refractivity contribution is -0.115. The summed E-state index contributed by atoms with van der Waals surface area (Å²) in [6.07, 6.45) is 2.61. The standard InChI is InChI=1S/C25H24N4O2S/c1-4-18-9-11-19(12-10-18)27-23(30)17(3)32-25-28-21-8-6-5-7-20(21)24(31)29(25)22-15-16(2)13-14-26-22/h5-15,17H,4H2,1-3H3,(H,27,30). The summed E-state index contributed by atoms with van der Waals surface area (Å²) >= 11 is 1.23. The molecule has 7 heteroatoms. The highest BCUT2D eigenvalue weighted by Crippen LogP contribution is 2.25. The summed E-state index contributed by atoms with van der Waals surface area (Å²) in [5, 5.41) is 3.40. The third kappa shape index (κ3) is 4.57. The molecule has 0 bridgehead atoms. The van der Waals surface area contributed by atoms with Crippen LogP contribution < -0.4 is 10.9 Å². The molecule has 0 spiro atoms. The van der Waals surface area contributed by atoms with E-state index in [1.54, 1.807) is 25.3 Å². The zero-order valence-corrected chi connectivity index (χ0v) is 19.0. The fourth-order valence-corrected chi connectivity index (χ4v) is 4.23. The number of anilines is 1. The van der Waals surface area contributed by atoms with Gasteiger partial charge in [0.1, 0.15) is 5.82 Å². The Labute approximate surface area is 190 Å². The lowest BCUT2D eigenvalue weighted by Crippen LogP contribution is -2.26. The Balaban J connectivity index is 1.68. The molecular formula is C25H24N4O2S. The van der Waals surface area contributed by atoms with Crippen molar-refractivity contribution < 1.29 is 4.79 Å². The van der Waals surface area contributed by atoms with E-state index in [0.717, 1.165) is 17.7 Å². The van der Waals surface area contributed by atoms with Gasteiger partial charge in [0.25, 0.3) is 5.56 Å². The third-order valence-electron chi connectivity index (χ3n) is 5.16. The average molecular weight is 445 g/mol. The molecule has 162 valence electrons. The second-order valence-corrected chi connectivity index (χ2v) is 8.85. The van der Waals surface area contributed by atoms with Crippen molar-refractivity contribution >= 4 is 34.3 Å². The maximum absolute atomic E-state index is 13.3. The number of carbonyl (C=O) groups excluding carboxylic acids is 1. The van der Waals surface area contributed by atoms with Gasteiger partial charge in [0, 0.05) is 11.9 Å². The molecule has 0 radical (unpaired) electrons. The van der Waals surface area contributed by atoms with Crippen LogP contribution in [0.3, 0.4) is 0 Å². The second kappa shape index (κ2) is 9.36. The smallest absolute Gasteiger partial charge is 0.267 e. The van der Waals surface area contributed by atoms with Crippen LogP contribution >= 0.6 is 11.8 Å². The van der Waals surface area contributed by atoms with E-state index in [0.29, 0.717) is 21.9 Å². The second-order valence-electron chi connectivity index (χ2n) is 7.54. The summed E-state index contributed by atoms with van der Waals surface area (Å²) in [6, 6.07) is 18.7. The van der Waals surface area contributed by atoms with Crippen molar-refractivity contribution in [3.8, 4) is 5.82 Å². The first-order chi connectivity index (χ1) is 15.5. The first kappa shape index (κ1) is 21.8. The number of para-hydroxylation sites is 1. The van der Waals surface area contributed by atoms with Crippen LogP contribution in [0.5, 0.6) is 0 Å². The Morgan fingerprint density at radius 1 is 1.12 bits per heavy atom. The van der Waals surface area contributed by atoms with Crippen LogP contribution in [0.2, 0.25) is 0 Å². The van der Waals surface area contributed by atoms with Gasteiger partial charge in [-0.3, -0.25) is 9.59 Å². The fraction of sp³-hybridized carbons (Fsp3) is 0.200. The highest BCUT2D eigenvalue weighted by Gasteiger charge is 2.21. The Morgan fingerprint density at radius 3 is 2.59 bits per heavy atom. The van der Waals surface area contributed by atoms with Crippen molar-refractivity contribution in [1.82, 2.24) is 14.5 Å². The minimum atomic E-state index is -0.482. The molecule has 6 nitrogen and oxygen atoms in total. The summed E-state index contributed by atoms with van der Waals surface area (Å²) in [5.74, 6) is 0.323. The molecule has 1 N–H and O–H groups in total. The van der Waals surface area contributed by atoms with Crippen LogP contribution in [0.25, 0.3) is 16.7 Å². The zero-order valence-electron chi connectivity index (χ0n) is 18.2. The van der Waals surface area contributed by atoms with Gasteiger partial charge >= 0.3 is 0 Å². The van der Waals surface area contributed by atoms with Gasteiger partial charge in [-0.15, -0.1) is 0 Å². The molecular weight excluding hydrogens is 420 g/mol. The summed E-state index contributed by atoms with van der Waals surface area (Å²) in [7, 11) is 0. The molecule has 4 rings (SSSR count). The van der Waals surface area contributed by atoms with Crippen molar-refractivity contribution in [3.63, 3.8) is 0 Å². The highest BCUT2D eigenvalue weighted by atomic mass is 32.2. The van der Waals surface area contributed by atoms with Crippen molar-refractivity contribution in [2.24, 2.45) is 0 Å². The van der Waals surface area contributed by atoms with E-state index in [9.17, 15) is 9.59 Å². The van der Waals surface area contributed by atoms with E-state index in [1.807, 2.05) is 55.5 Å². The zero-order chi connectivity index (χ0) is 22.7. The fourth-order valence-electron chi connectivity index (χ4n) is 3.32. The van der Waals surface area contributed by atoms with E-state index in [2.05, 4.69) is 17.2 Å². The van der Waals surface area contributed by atoms with Crippen molar-refractivity contribution in [2.45, 2.75) is 37.6 Å². The monoisotopic (exact) mass is 444 g/mol. The summed E-state index contributed by atoms with van der Waals surface area (Å²) in [4.78, 5) is 35.3. The number of nitrogens with zero attached hydrogens (tertiary/aromatic N) is 3. The van der Waals surface area contributed by atoms with E-state index < -0.39 is 5.25 Å². The molecule has 32 heavy (non-hydrogen) atoms. The average Bonchev–Trinajstić information content (AvgIpc) is 2.79. The predicted octanol–water partition coefficient (Wildman–Crippen LogP) is 4.77. The van der Waals surface area contributed by atoms with Gasteiger partial charge in [-0.05, 0) is 67.8 Å². The Kier molecular flexibility index (Phi) is 6.37. The van der Waals surface area contributed by atoms with Crippen molar-refractivity contribution in [3.05, 3.63) is 88.3 Å². The number of benzene rings is 2. The van der Waals surface area contributed by atoms with Crippen LogP contribution in [0.4, 0.5) is 5.69 Å². The van der Waals surface area contributed by atoms with E-state index in [1.165, 1.54) is 21.9 Å². The Hall–Kier alpha value is -3.45. The van der Waals surface area contributed by atoms with Crippen LogP contribution in [-0.2, 0) is 11.2 Å².